The van der Waals surface area contributed by atoms with E-state index in [1.807, 2.05) is 6.07 Å². The summed E-state index contributed by atoms with van der Waals surface area (Å²) in [5, 5.41) is 4.47. The molecule has 15 heavy (non-hydrogen) atoms. The number of hydrogen-bond donors (Lipinski definition) is 2. The fourth-order valence-electron chi connectivity index (χ4n) is 2.13. The van der Waals surface area contributed by atoms with Crippen molar-refractivity contribution < 1.29 is 4.39 Å². The summed E-state index contributed by atoms with van der Waals surface area (Å²) in [7, 11) is 0. The number of H-pyrrole nitrogens is 1. The summed E-state index contributed by atoms with van der Waals surface area (Å²) in [6, 6.07) is 4.94. The summed E-state index contributed by atoms with van der Waals surface area (Å²) in [6.07, 6.45) is 1.01. The third kappa shape index (κ3) is 1.62. The smallest absolute Gasteiger partial charge is 0.125 e. The van der Waals surface area contributed by atoms with E-state index in [0.717, 1.165) is 30.4 Å². The molecule has 1 aliphatic heterocycles. The second kappa shape index (κ2) is 3.83. The van der Waals surface area contributed by atoms with Crippen LogP contribution in [0.25, 0.3) is 10.9 Å². The Hall–Kier alpha value is -1.06. The molecule has 1 aliphatic rings. The number of aromatic nitrogens is 1. The van der Waals surface area contributed by atoms with Gasteiger partial charge in [-0.2, -0.15) is 0 Å². The average Bonchev–Trinajstić information content (AvgIpc) is 2.54. The summed E-state index contributed by atoms with van der Waals surface area (Å²) < 4.78 is 13.0. The number of rotatable bonds is 0. The van der Waals surface area contributed by atoms with E-state index in [1.165, 1.54) is 17.3 Å². The average molecular weight is 227 g/mol. The van der Waals surface area contributed by atoms with Crippen LogP contribution in [0.3, 0.4) is 0 Å². The van der Waals surface area contributed by atoms with Crippen LogP contribution in [-0.4, -0.2) is 11.5 Å². The minimum absolute atomic E-state index is 0. The molecule has 2 N–H and O–H groups in total. The number of hydrogen-bond acceptors (Lipinski definition) is 1. The van der Waals surface area contributed by atoms with Crippen molar-refractivity contribution in [3.8, 4) is 0 Å². The zero-order valence-corrected chi connectivity index (χ0v) is 8.96. The van der Waals surface area contributed by atoms with E-state index in [-0.39, 0.29) is 18.2 Å². The predicted molar refractivity (Wildman–Crippen MR) is 60.9 cm³/mol. The van der Waals surface area contributed by atoms with Gasteiger partial charge < -0.3 is 10.3 Å². The molecular weight excluding hydrogens is 215 g/mol. The summed E-state index contributed by atoms with van der Waals surface area (Å²) in [4.78, 5) is 3.28. The maximum Gasteiger partial charge on any atom is 0.125 e. The van der Waals surface area contributed by atoms with Crippen LogP contribution in [0, 0.1) is 5.82 Å². The SMILES string of the molecule is Cl.Fc1ccc2c3c([nH]c2c1)CCNC3. The topological polar surface area (TPSA) is 27.8 Å². The van der Waals surface area contributed by atoms with Gasteiger partial charge in [-0.15, -0.1) is 12.4 Å². The molecule has 4 heteroatoms. The Bertz CT molecular complexity index is 493. The molecule has 0 saturated heterocycles. The molecular formula is C11H12ClFN2. The molecule has 0 saturated carbocycles. The Balaban J connectivity index is 0.000000853. The molecule has 0 radical (unpaired) electrons. The lowest BCUT2D eigenvalue weighted by atomic mass is 10.1. The largest absolute Gasteiger partial charge is 0.358 e. The molecule has 2 heterocycles. The van der Waals surface area contributed by atoms with E-state index in [9.17, 15) is 4.39 Å². The van der Waals surface area contributed by atoms with Crippen molar-refractivity contribution in [2.24, 2.45) is 0 Å². The van der Waals surface area contributed by atoms with Crippen molar-refractivity contribution in [1.29, 1.82) is 0 Å². The van der Waals surface area contributed by atoms with Gasteiger partial charge in [0.25, 0.3) is 0 Å². The van der Waals surface area contributed by atoms with E-state index >= 15 is 0 Å². The highest BCUT2D eigenvalue weighted by molar-refractivity contribution is 5.85. The van der Waals surface area contributed by atoms with Gasteiger partial charge in [0, 0.05) is 36.1 Å². The van der Waals surface area contributed by atoms with Crippen molar-refractivity contribution in [3.63, 3.8) is 0 Å². The van der Waals surface area contributed by atoms with Gasteiger partial charge >= 0.3 is 0 Å². The molecule has 0 unspecified atom stereocenters. The van der Waals surface area contributed by atoms with Crippen LogP contribution in [0.15, 0.2) is 18.2 Å². The molecule has 2 nitrogen and oxygen atoms in total. The normalized spacial score (nSPS) is 14.7. The van der Waals surface area contributed by atoms with E-state index < -0.39 is 0 Å². The standard InChI is InChI=1S/C11H11FN2.ClH/c12-7-1-2-8-9-6-13-4-3-10(9)14-11(8)5-7;/h1-2,5,13-14H,3-4,6H2;1H. The zero-order valence-electron chi connectivity index (χ0n) is 8.14. The molecule has 0 spiro atoms. The maximum absolute atomic E-state index is 13.0. The van der Waals surface area contributed by atoms with E-state index in [1.54, 1.807) is 6.07 Å². The van der Waals surface area contributed by atoms with E-state index in [2.05, 4.69) is 10.3 Å². The highest BCUT2D eigenvalue weighted by Crippen LogP contribution is 2.25. The lowest BCUT2D eigenvalue weighted by Gasteiger charge is -2.12. The van der Waals surface area contributed by atoms with E-state index in [4.69, 9.17) is 0 Å². The lowest BCUT2D eigenvalue weighted by Crippen LogP contribution is -2.22. The molecule has 2 aromatic rings. The first-order valence-corrected chi connectivity index (χ1v) is 4.84. The Kier molecular flexibility index (Phi) is 2.67. The van der Waals surface area contributed by atoms with Crippen molar-refractivity contribution in [2.45, 2.75) is 13.0 Å². The highest BCUT2D eigenvalue weighted by Gasteiger charge is 2.14. The van der Waals surface area contributed by atoms with Gasteiger partial charge in [-0.25, -0.2) is 4.39 Å². The van der Waals surface area contributed by atoms with Gasteiger partial charge in [-0.3, -0.25) is 0 Å². The van der Waals surface area contributed by atoms with Crippen LogP contribution in [-0.2, 0) is 13.0 Å². The van der Waals surface area contributed by atoms with Crippen LogP contribution >= 0.6 is 12.4 Å². The van der Waals surface area contributed by atoms with Crippen LogP contribution in [0.5, 0.6) is 0 Å². The second-order valence-electron chi connectivity index (χ2n) is 3.70. The monoisotopic (exact) mass is 226 g/mol. The Morgan fingerprint density at radius 2 is 2.13 bits per heavy atom. The number of benzene rings is 1. The summed E-state index contributed by atoms with van der Waals surface area (Å²) in [6.45, 7) is 1.89. The molecule has 0 fully saturated rings. The van der Waals surface area contributed by atoms with Gasteiger partial charge in [-0.05, 0) is 23.8 Å². The van der Waals surface area contributed by atoms with Crippen molar-refractivity contribution in [3.05, 3.63) is 35.3 Å². The maximum atomic E-state index is 13.0. The molecule has 3 rings (SSSR count). The Morgan fingerprint density at radius 1 is 1.27 bits per heavy atom. The molecule has 80 valence electrons. The van der Waals surface area contributed by atoms with Crippen LogP contribution in [0.4, 0.5) is 4.39 Å². The molecule has 0 aliphatic carbocycles. The fraction of sp³-hybridized carbons (Fsp3) is 0.273. The van der Waals surface area contributed by atoms with Crippen LogP contribution < -0.4 is 5.32 Å². The predicted octanol–water partition coefficient (Wildman–Crippen LogP) is 2.37. The number of fused-ring (bicyclic) bond motifs is 3. The second-order valence-corrected chi connectivity index (χ2v) is 3.70. The molecule has 0 atom stereocenters. The van der Waals surface area contributed by atoms with Crippen molar-refractivity contribution in [1.82, 2.24) is 10.3 Å². The van der Waals surface area contributed by atoms with Gasteiger partial charge in [-0.1, -0.05) is 0 Å². The fourth-order valence-corrected chi connectivity index (χ4v) is 2.13. The van der Waals surface area contributed by atoms with Gasteiger partial charge in [0.05, 0.1) is 0 Å². The van der Waals surface area contributed by atoms with Crippen LogP contribution in [0.2, 0.25) is 0 Å². The molecule has 0 amide bonds. The summed E-state index contributed by atoms with van der Waals surface area (Å²) in [5.41, 5.74) is 3.47. The van der Waals surface area contributed by atoms with Crippen LogP contribution in [0.1, 0.15) is 11.3 Å². The molecule has 0 bridgehead atoms. The minimum Gasteiger partial charge on any atom is -0.358 e. The molecule has 1 aromatic heterocycles. The van der Waals surface area contributed by atoms with E-state index in [0.29, 0.717) is 0 Å². The number of aromatic amines is 1. The molecule has 1 aromatic carbocycles. The third-order valence-corrected chi connectivity index (χ3v) is 2.81. The summed E-state index contributed by atoms with van der Waals surface area (Å²) >= 11 is 0. The third-order valence-electron chi connectivity index (χ3n) is 2.81. The number of nitrogens with one attached hydrogen (secondary N) is 2. The van der Waals surface area contributed by atoms with Crippen molar-refractivity contribution >= 4 is 23.3 Å². The Morgan fingerprint density at radius 3 is 3.00 bits per heavy atom. The zero-order chi connectivity index (χ0) is 9.54. The first-order chi connectivity index (χ1) is 6.84. The first kappa shape index (κ1) is 10.5. The minimum atomic E-state index is -0.177. The quantitative estimate of drug-likeness (QED) is 0.709. The number of halogens is 2. The van der Waals surface area contributed by atoms with Crippen molar-refractivity contribution in [2.75, 3.05) is 6.54 Å². The first-order valence-electron chi connectivity index (χ1n) is 4.84. The summed E-state index contributed by atoms with van der Waals surface area (Å²) in [5.74, 6) is -0.177. The lowest BCUT2D eigenvalue weighted by molar-refractivity contribution is 0.629. The highest BCUT2D eigenvalue weighted by atomic mass is 35.5. The van der Waals surface area contributed by atoms with Gasteiger partial charge in [0.1, 0.15) is 5.82 Å². The van der Waals surface area contributed by atoms with Gasteiger partial charge in [0.15, 0.2) is 0 Å². The Labute approximate surface area is 93.3 Å². The van der Waals surface area contributed by atoms with Gasteiger partial charge in [0.2, 0.25) is 0 Å².